The van der Waals surface area contributed by atoms with E-state index in [-0.39, 0.29) is 32.8 Å². The van der Waals surface area contributed by atoms with E-state index < -0.39 is 43.1 Å². The van der Waals surface area contributed by atoms with Crippen molar-refractivity contribution in [3.05, 3.63) is 77.6 Å². The molecule has 0 aliphatic carbocycles. The summed E-state index contributed by atoms with van der Waals surface area (Å²) in [5.41, 5.74) is 2.12. The van der Waals surface area contributed by atoms with Gasteiger partial charge in [0, 0.05) is 53.3 Å². The molecule has 232 valence electrons. The van der Waals surface area contributed by atoms with E-state index in [2.05, 4.69) is 4.98 Å². The van der Waals surface area contributed by atoms with Gasteiger partial charge in [-0.1, -0.05) is 0 Å². The third kappa shape index (κ3) is 6.46. The standard InChI is InChI=1S/C28H33N2O12P/c1-14-8-24(31)42-25-16(3)26-19(9-18(14)25)20(17(4)40-26)12-37-6-7-38-43(34,35)39-13-22-21(36-5)10-23(41-22)30-11-15(2)27(32)29-28(30)33/h8-9,11,21-23H,6-7,10,12-13H2,1-5H3,(H,34,35)(H,29,32,33)/t21?,22-,23-/m1/s1. The number of benzene rings is 1. The summed E-state index contributed by atoms with van der Waals surface area (Å²) in [4.78, 5) is 48.2. The lowest BCUT2D eigenvalue weighted by Crippen LogP contribution is -2.33. The van der Waals surface area contributed by atoms with E-state index in [4.69, 9.17) is 32.1 Å². The monoisotopic (exact) mass is 620 g/mol. The molecule has 0 radical (unpaired) electrons. The summed E-state index contributed by atoms with van der Waals surface area (Å²) in [6.45, 7) is 6.58. The number of furan rings is 1. The van der Waals surface area contributed by atoms with Crippen molar-refractivity contribution in [2.75, 3.05) is 26.9 Å². The molecule has 0 bridgehead atoms. The van der Waals surface area contributed by atoms with Crippen molar-refractivity contribution in [1.29, 1.82) is 0 Å². The van der Waals surface area contributed by atoms with Gasteiger partial charge >= 0.3 is 19.1 Å². The number of ether oxygens (including phenoxy) is 3. The molecule has 1 fully saturated rings. The van der Waals surface area contributed by atoms with Crippen molar-refractivity contribution in [2.24, 2.45) is 0 Å². The van der Waals surface area contributed by atoms with E-state index in [1.165, 1.54) is 23.9 Å². The first-order valence-corrected chi connectivity index (χ1v) is 15.0. The first kappa shape index (κ1) is 31.1. The molecule has 15 heteroatoms. The van der Waals surface area contributed by atoms with Gasteiger partial charge in [0.25, 0.3) is 5.56 Å². The Hall–Kier alpha value is -3.36. The summed E-state index contributed by atoms with van der Waals surface area (Å²) in [7, 11) is -3.03. The highest BCUT2D eigenvalue weighted by atomic mass is 31.2. The van der Waals surface area contributed by atoms with E-state index in [1.807, 2.05) is 19.9 Å². The van der Waals surface area contributed by atoms with Gasteiger partial charge in [-0.2, -0.15) is 0 Å². The van der Waals surface area contributed by atoms with Crippen LogP contribution in [0.2, 0.25) is 0 Å². The fraction of sp³-hybridized carbons (Fsp3) is 0.464. The third-order valence-corrected chi connectivity index (χ3v) is 8.48. The van der Waals surface area contributed by atoms with Gasteiger partial charge in [0.1, 0.15) is 29.3 Å². The van der Waals surface area contributed by atoms with Gasteiger partial charge in [-0.05, 0) is 39.3 Å². The molecular formula is C28H33N2O12P. The normalized spacial score (nSPS) is 20.3. The molecule has 4 aromatic rings. The van der Waals surface area contributed by atoms with Gasteiger partial charge in [0.05, 0.1) is 32.5 Å². The lowest BCUT2D eigenvalue weighted by molar-refractivity contribution is -0.0545. The average Bonchev–Trinajstić information content (AvgIpc) is 3.50. The number of hydrogen-bond donors (Lipinski definition) is 2. The minimum Gasteiger partial charge on any atom is -0.461 e. The van der Waals surface area contributed by atoms with Crippen molar-refractivity contribution in [2.45, 2.75) is 59.2 Å². The Morgan fingerprint density at radius 3 is 2.51 bits per heavy atom. The number of nitrogens with zero attached hydrogens (tertiary/aromatic N) is 1. The van der Waals surface area contributed by atoms with Gasteiger partial charge in [-0.15, -0.1) is 0 Å². The number of phosphoric acid groups is 1. The third-order valence-electron chi connectivity index (χ3n) is 7.50. The first-order valence-electron chi connectivity index (χ1n) is 13.5. The summed E-state index contributed by atoms with van der Waals surface area (Å²) in [5.74, 6) is 0.632. The van der Waals surface area contributed by atoms with E-state index in [9.17, 15) is 23.8 Å². The summed E-state index contributed by atoms with van der Waals surface area (Å²) in [6, 6.07) is 3.33. The number of methoxy groups -OCH3 is 1. The number of fused-ring (bicyclic) bond motifs is 2. The van der Waals surface area contributed by atoms with Gasteiger partial charge < -0.3 is 27.9 Å². The summed E-state index contributed by atoms with van der Waals surface area (Å²) >= 11 is 0. The van der Waals surface area contributed by atoms with Gasteiger partial charge in [0.2, 0.25) is 0 Å². The molecule has 2 unspecified atom stereocenters. The Labute approximate surface area is 244 Å². The van der Waals surface area contributed by atoms with Crippen molar-refractivity contribution in [1.82, 2.24) is 9.55 Å². The number of H-pyrrole nitrogens is 1. The fourth-order valence-electron chi connectivity index (χ4n) is 5.19. The number of aromatic amines is 1. The number of aromatic nitrogens is 2. The molecule has 1 aliphatic rings. The summed E-state index contributed by atoms with van der Waals surface area (Å²) in [5, 5.41) is 1.61. The molecule has 1 saturated heterocycles. The van der Waals surface area contributed by atoms with Gasteiger partial charge in [0.15, 0.2) is 0 Å². The van der Waals surface area contributed by atoms with Crippen molar-refractivity contribution in [3.63, 3.8) is 0 Å². The quantitative estimate of drug-likeness (QED) is 0.142. The van der Waals surface area contributed by atoms with E-state index in [1.54, 1.807) is 13.8 Å². The Balaban J connectivity index is 1.15. The zero-order valence-electron chi connectivity index (χ0n) is 24.3. The Kier molecular flexibility index (Phi) is 8.91. The van der Waals surface area contributed by atoms with Crippen molar-refractivity contribution >= 4 is 29.8 Å². The minimum absolute atomic E-state index is 0.0162. The van der Waals surface area contributed by atoms with Crippen LogP contribution >= 0.6 is 7.82 Å². The zero-order valence-corrected chi connectivity index (χ0v) is 25.2. The summed E-state index contributed by atoms with van der Waals surface area (Å²) < 4.78 is 52.3. The van der Waals surface area contributed by atoms with E-state index in [0.29, 0.717) is 28.1 Å². The molecule has 4 atom stereocenters. The Bertz CT molecular complexity index is 1890. The number of hydrogen-bond acceptors (Lipinski definition) is 11. The fourth-order valence-corrected chi connectivity index (χ4v) is 5.91. The second-order valence-corrected chi connectivity index (χ2v) is 11.9. The highest BCUT2D eigenvalue weighted by Crippen LogP contribution is 2.44. The van der Waals surface area contributed by atoms with Crippen LogP contribution in [0.3, 0.4) is 0 Å². The number of phosphoric ester groups is 1. The molecule has 1 aliphatic heterocycles. The highest BCUT2D eigenvalue weighted by molar-refractivity contribution is 7.47. The molecular weight excluding hydrogens is 587 g/mol. The Morgan fingerprint density at radius 2 is 1.77 bits per heavy atom. The number of aryl methyl sites for hydroxylation is 4. The van der Waals surface area contributed by atoms with Crippen LogP contribution in [0.4, 0.5) is 0 Å². The molecule has 43 heavy (non-hydrogen) atoms. The molecule has 0 spiro atoms. The van der Waals surface area contributed by atoms with Gasteiger partial charge in [-0.25, -0.2) is 14.2 Å². The predicted octanol–water partition coefficient (Wildman–Crippen LogP) is 3.28. The molecule has 5 rings (SSSR count). The van der Waals surface area contributed by atoms with E-state index >= 15 is 0 Å². The van der Waals surface area contributed by atoms with Crippen LogP contribution in [-0.4, -0.2) is 53.6 Å². The zero-order chi connectivity index (χ0) is 31.1. The van der Waals surface area contributed by atoms with Gasteiger partial charge in [-0.3, -0.25) is 23.4 Å². The average molecular weight is 621 g/mol. The highest BCUT2D eigenvalue weighted by Gasteiger charge is 2.39. The largest absolute Gasteiger partial charge is 0.472 e. The van der Waals surface area contributed by atoms with Crippen LogP contribution < -0.4 is 16.9 Å². The maximum Gasteiger partial charge on any atom is 0.472 e. The molecule has 0 saturated carbocycles. The topological polar surface area (TPSA) is 182 Å². The SMILES string of the molecule is COC1C[C@H](n2cc(C)c(=O)[nH]c2=O)O[C@@H]1COP(=O)(O)OCCOCc1c(C)oc2c(C)c3oc(=O)cc(C)c3cc12. The molecule has 3 aromatic heterocycles. The smallest absolute Gasteiger partial charge is 0.461 e. The van der Waals surface area contributed by atoms with Crippen LogP contribution in [0.25, 0.3) is 21.9 Å². The van der Waals surface area contributed by atoms with Crippen LogP contribution in [0.5, 0.6) is 0 Å². The lowest BCUT2D eigenvalue weighted by atomic mass is 10.0. The molecule has 2 N–H and O–H groups in total. The molecule has 0 amide bonds. The summed E-state index contributed by atoms with van der Waals surface area (Å²) in [6.07, 6.45) is -0.435. The van der Waals surface area contributed by atoms with Crippen LogP contribution in [0.15, 0.2) is 41.5 Å². The van der Waals surface area contributed by atoms with E-state index in [0.717, 1.165) is 21.9 Å². The van der Waals surface area contributed by atoms with Crippen LogP contribution in [-0.2, 0) is 34.4 Å². The molecule has 14 nitrogen and oxygen atoms in total. The number of rotatable bonds is 11. The predicted molar refractivity (Wildman–Crippen MR) is 153 cm³/mol. The molecule has 4 heterocycles. The Morgan fingerprint density at radius 1 is 1.02 bits per heavy atom. The lowest BCUT2D eigenvalue weighted by Gasteiger charge is -2.19. The van der Waals surface area contributed by atoms with Crippen LogP contribution in [0, 0.1) is 27.7 Å². The maximum atomic E-state index is 12.5. The minimum atomic E-state index is -4.48. The van der Waals surface area contributed by atoms with Crippen molar-refractivity contribution < 1.29 is 41.6 Å². The first-order chi connectivity index (χ1) is 20.4. The van der Waals surface area contributed by atoms with Crippen LogP contribution in [0.1, 0.15) is 40.7 Å². The molecule has 1 aromatic carbocycles. The number of nitrogens with one attached hydrogen (secondary N) is 1. The maximum absolute atomic E-state index is 12.5. The second kappa shape index (κ2) is 12.3. The van der Waals surface area contributed by atoms with Crippen molar-refractivity contribution in [3.8, 4) is 0 Å². The second-order valence-electron chi connectivity index (χ2n) is 10.4.